The molecular formula is C22H24O2. The highest BCUT2D eigenvalue weighted by molar-refractivity contribution is 6.28. The largest absolute Gasteiger partial charge is 0.289 e. The van der Waals surface area contributed by atoms with Crippen LogP contribution in [0, 0.1) is 11.3 Å². The summed E-state index contributed by atoms with van der Waals surface area (Å²) in [5.74, 6) is 0.412. The van der Waals surface area contributed by atoms with Gasteiger partial charge in [0.15, 0.2) is 11.6 Å². The zero-order chi connectivity index (χ0) is 17.5. The SMILES string of the molecule is CCC(Cc1cccc2c1C(=O)c1ccccc1C2=O)C(C)(C)C. The van der Waals surface area contributed by atoms with Gasteiger partial charge < -0.3 is 0 Å². The summed E-state index contributed by atoms with van der Waals surface area (Å²) in [6.45, 7) is 8.89. The quantitative estimate of drug-likeness (QED) is 0.674. The van der Waals surface area contributed by atoms with Gasteiger partial charge in [0, 0.05) is 22.3 Å². The third-order valence-corrected chi connectivity index (χ3v) is 5.22. The van der Waals surface area contributed by atoms with Crippen molar-refractivity contribution in [3.8, 4) is 0 Å². The molecule has 124 valence electrons. The number of hydrogen-bond acceptors (Lipinski definition) is 2. The predicted octanol–water partition coefficient (Wildman–Crippen LogP) is 5.08. The molecule has 0 saturated heterocycles. The first-order valence-electron chi connectivity index (χ1n) is 8.65. The lowest BCUT2D eigenvalue weighted by atomic mass is 9.73. The van der Waals surface area contributed by atoms with Gasteiger partial charge in [0.1, 0.15) is 0 Å². The van der Waals surface area contributed by atoms with Gasteiger partial charge >= 0.3 is 0 Å². The Morgan fingerprint density at radius 2 is 1.42 bits per heavy atom. The second-order valence-electron chi connectivity index (χ2n) is 7.72. The molecule has 0 fully saturated rings. The minimum atomic E-state index is -0.0362. The van der Waals surface area contributed by atoms with E-state index >= 15 is 0 Å². The molecular weight excluding hydrogens is 296 g/mol. The van der Waals surface area contributed by atoms with Crippen molar-refractivity contribution in [1.82, 2.24) is 0 Å². The molecule has 0 amide bonds. The third kappa shape index (κ3) is 2.71. The van der Waals surface area contributed by atoms with Crippen molar-refractivity contribution in [2.24, 2.45) is 11.3 Å². The van der Waals surface area contributed by atoms with E-state index in [0.717, 1.165) is 18.4 Å². The van der Waals surface area contributed by atoms with E-state index in [-0.39, 0.29) is 17.0 Å². The van der Waals surface area contributed by atoms with Gasteiger partial charge in [-0.1, -0.05) is 76.6 Å². The summed E-state index contributed by atoms with van der Waals surface area (Å²) in [5, 5.41) is 0. The highest BCUT2D eigenvalue weighted by atomic mass is 16.1. The molecule has 1 aliphatic rings. The van der Waals surface area contributed by atoms with Gasteiger partial charge in [0.25, 0.3) is 0 Å². The maximum atomic E-state index is 13.0. The van der Waals surface area contributed by atoms with Crippen molar-refractivity contribution < 1.29 is 9.59 Å². The fourth-order valence-electron chi connectivity index (χ4n) is 3.71. The highest BCUT2D eigenvalue weighted by Gasteiger charge is 2.32. The summed E-state index contributed by atoms with van der Waals surface area (Å²) in [7, 11) is 0. The average Bonchev–Trinajstić information content (AvgIpc) is 2.56. The molecule has 0 spiro atoms. The monoisotopic (exact) mass is 320 g/mol. The second kappa shape index (κ2) is 6.01. The Balaban J connectivity index is 2.11. The third-order valence-electron chi connectivity index (χ3n) is 5.22. The van der Waals surface area contributed by atoms with Gasteiger partial charge in [-0.3, -0.25) is 9.59 Å². The predicted molar refractivity (Wildman–Crippen MR) is 96.7 cm³/mol. The number of ketones is 2. The van der Waals surface area contributed by atoms with Crippen molar-refractivity contribution in [3.05, 3.63) is 70.3 Å². The van der Waals surface area contributed by atoms with E-state index in [0.29, 0.717) is 28.2 Å². The molecule has 1 atom stereocenters. The summed E-state index contributed by atoms with van der Waals surface area (Å²) in [6.07, 6.45) is 1.87. The van der Waals surface area contributed by atoms with Crippen LogP contribution in [0.1, 0.15) is 71.5 Å². The molecule has 24 heavy (non-hydrogen) atoms. The molecule has 2 heteroatoms. The van der Waals surface area contributed by atoms with Crippen molar-refractivity contribution >= 4 is 11.6 Å². The molecule has 0 heterocycles. The van der Waals surface area contributed by atoms with Crippen molar-refractivity contribution in [1.29, 1.82) is 0 Å². The Hall–Kier alpha value is -2.22. The lowest BCUT2D eigenvalue weighted by molar-refractivity contribution is 0.0977. The molecule has 0 bridgehead atoms. The normalized spacial score (nSPS) is 15.0. The van der Waals surface area contributed by atoms with Gasteiger partial charge in [0.05, 0.1) is 0 Å². The van der Waals surface area contributed by atoms with E-state index in [4.69, 9.17) is 0 Å². The van der Waals surface area contributed by atoms with Crippen LogP contribution in [-0.2, 0) is 6.42 Å². The van der Waals surface area contributed by atoms with Crippen LogP contribution in [0.5, 0.6) is 0 Å². The lowest BCUT2D eigenvalue weighted by Gasteiger charge is -2.31. The molecule has 2 aromatic carbocycles. The van der Waals surface area contributed by atoms with Crippen LogP contribution < -0.4 is 0 Å². The Labute approximate surface area is 143 Å². The summed E-state index contributed by atoms with van der Waals surface area (Å²) >= 11 is 0. The topological polar surface area (TPSA) is 34.1 Å². The van der Waals surface area contributed by atoms with Crippen LogP contribution in [0.2, 0.25) is 0 Å². The molecule has 0 aromatic heterocycles. The Morgan fingerprint density at radius 1 is 0.833 bits per heavy atom. The molecule has 0 aliphatic heterocycles. The van der Waals surface area contributed by atoms with Crippen LogP contribution in [-0.4, -0.2) is 11.6 Å². The van der Waals surface area contributed by atoms with Crippen molar-refractivity contribution in [3.63, 3.8) is 0 Å². The fraction of sp³-hybridized carbons (Fsp3) is 0.364. The molecule has 3 rings (SSSR count). The van der Waals surface area contributed by atoms with Gasteiger partial charge in [-0.2, -0.15) is 0 Å². The average molecular weight is 320 g/mol. The van der Waals surface area contributed by atoms with Crippen LogP contribution in [0.4, 0.5) is 0 Å². The summed E-state index contributed by atoms with van der Waals surface area (Å²) in [5.41, 5.74) is 3.39. The standard InChI is InChI=1S/C22H24O2/c1-5-15(22(2,3)4)13-14-9-8-12-18-19(14)21(24)17-11-7-6-10-16(17)20(18)23/h6-12,15H,5,13H2,1-4H3. The van der Waals surface area contributed by atoms with E-state index in [2.05, 4.69) is 27.7 Å². The molecule has 2 aromatic rings. The Morgan fingerprint density at radius 3 is 2.00 bits per heavy atom. The summed E-state index contributed by atoms with van der Waals surface area (Å²) < 4.78 is 0. The van der Waals surface area contributed by atoms with Gasteiger partial charge in [0.2, 0.25) is 0 Å². The number of carbonyl (C=O) groups excluding carboxylic acids is 2. The maximum absolute atomic E-state index is 13.0. The fourth-order valence-corrected chi connectivity index (χ4v) is 3.71. The van der Waals surface area contributed by atoms with Crippen LogP contribution in [0.25, 0.3) is 0 Å². The highest BCUT2D eigenvalue weighted by Crippen LogP contribution is 2.35. The molecule has 2 nitrogen and oxygen atoms in total. The number of hydrogen-bond donors (Lipinski definition) is 0. The number of benzene rings is 2. The number of fused-ring (bicyclic) bond motifs is 2. The number of carbonyl (C=O) groups is 2. The smallest absolute Gasteiger partial charge is 0.194 e. The summed E-state index contributed by atoms with van der Waals surface area (Å²) in [4.78, 5) is 25.8. The molecule has 0 radical (unpaired) electrons. The first-order chi connectivity index (χ1) is 11.3. The molecule has 0 N–H and O–H groups in total. The second-order valence-corrected chi connectivity index (χ2v) is 7.72. The van der Waals surface area contributed by atoms with Crippen LogP contribution in [0.3, 0.4) is 0 Å². The van der Waals surface area contributed by atoms with Crippen LogP contribution in [0.15, 0.2) is 42.5 Å². The molecule has 1 unspecified atom stereocenters. The Bertz CT molecular complexity index is 809. The van der Waals surface area contributed by atoms with E-state index in [9.17, 15) is 9.59 Å². The van der Waals surface area contributed by atoms with Crippen molar-refractivity contribution in [2.75, 3.05) is 0 Å². The first kappa shape index (κ1) is 16.6. The van der Waals surface area contributed by atoms with Gasteiger partial charge in [-0.05, 0) is 23.3 Å². The van der Waals surface area contributed by atoms with Gasteiger partial charge in [-0.25, -0.2) is 0 Å². The van der Waals surface area contributed by atoms with Crippen molar-refractivity contribution in [2.45, 2.75) is 40.5 Å². The van der Waals surface area contributed by atoms with E-state index in [1.807, 2.05) is 24.3 Å². The van der Waals surface area contributed by atoms with E-state index in [1.54, 1.807) is 18.2 Å². The lowest BCUT2D eigenvalue weighted by Crippen LogP contribution is -2.26. The van der Waals surface area contributed by atoms with E-state index in [1.165, 1.54) is 0 Å². The zero-order valence-corrected chi connectivity index (χ0v) is 14.8. The minimum Gasteiger partial charge on any atom is -0.289 e. The number of rotatable bonds is 3. The van der Waals surface area contributed by atoms with Crippen LogP contribution >= 0.6 is 0 Å². The maximum Gasteiger partial charge on any atom is 0.194 e. The molecule has 0 saturated carbocycles. The molecule has 1 aliphatic carbocycles. The van der Waals surface area contributed by atoms with E-state index < -0.39 is 0 Å². The minimum absolute atomic E-state index is 0.0143. The summed E-state index contributed by atoms with van der Waals surface area (Å²) in [6, 6.07) is 12.8. The van der Waals surface area contributed by atoms with Gasteiger partial charge in [-0.15, -0.1) is 0 Å². The zero-order valence-electron chi connectivity index (χ0n) is 14.8. The Kier molecular flexibility index (Phi) is 4.16. The first-order valence-corrected chi connectivity index (χ1v) is 8.65.